The average molecular weight is 445 g/mol. The van der Waals surface area contributed by atoms with Gasteiger partial charge in [0.05, 0.1) is 5.75 Å². The van der Waals surface area contributed by atoms with Gasteiger partial charge in [-0.05, 0) is 61.7 Å². The molecule has 6 nitrogen and oxygen atoms in total. The number of carbonyl (C=O) groups is 1. The number of carbonyl (C=O) groups excluding carboxylic acids is 1. The van der Waals surface area contributed by atoms with Crippen LogP contribution in [-0.4, -0.2) is 26.4 Å². The fourth-order valence-electron chi connectivity index (χ4n) is 3.05. The van der Waals surface area contributed by atoms with E-state index in [1.165, 1.54) is 11.8 Å². The third-order valence-electron chi connectivity index (χ3n) is 4.48. The number of nitrogens with one attached hydrogen (secondary N) is 1. The summed E-state index contributed by atoms with van der Waals surface area (Å²) in [6.07, 6.45) is -0.267. The minimum Gasteiger partial charge on any atom is -0.483 e. The number of benzene rings is 2. The molecule has 1 amide bonds. The highest BCUT2D eigenvalue weighted by molar-refractivity contribution is 7.99. The smallest absolute Gasteiger partial charge is 0.230 e. The molecule has 0 aliphatic rings. The predicted octanol–water partition coefficient (Wildman–Crippen LogP) is 4.63. The summed E-state index contributed by atoms with van der Waals surface area (Å²) in [6, 6.07) is 13.5. The van der Waals surface area contributed by atoms with E-state index in [0.29, 0.717) is 22.5 Å². The molecule has 30 heavy (non-hydrogen) atoms. The summed E-state index contributed by atoms with van der Waals surface area (Å²) in [6.45, 7) is 6.48. The zero-order valence-corrected chi connectivity index (χ0v) is 19.0. The fraction of sp³-hybridized carbons (Fsp3) is 0.318. The first-order valence-corrected chi connectivity index (χ1v) is 11.0. The van der Waals surface area contributed by atoms with Gasteiger partial charge in [-0.2, -0.15) is 0 Å². The van der Waals surface area contributed by atoms with E-state index in [-0.39, 0.29) is 17.8 Å². The van der Waals surface area contributed by atoms with Crippen molar-refractivity contribution in [3.05, 3.63) is 70.0 Å². The molecule has 0 spiro atoms. The van der Waals surface area contributed by atoms with Crippen LogP contribution in [0.5, 0.6) is 5.75 Å². The lowest BCUT2D eigenvalue weighted by Gasteiger charge is -2.15. The van der Waals surface area contributed by atoms with Gasteiger partial charge in [0.1, 0.15) is 5.75 Å². The van der Waals surface area contributed by atoms with Gasteiger partial charge in [-0.1, -0.05) is 41.6 Å². The van der Waals surface area contributed by atoms with Crippen molar-refractivity contribution in [2.45, 2.75) is 38.6 Å². The Balaban J connectivity index is 1.54. The van der Waals surface area contributed by atoms with Gasteiger partial charge in [0, 0.05) is 18.6 Å². The van der Waals surface area contributed by atoms with Crippen LogP contribution in [0.2, 0.25) is 5.02 Å². The molecule has 0 saturated carbocycles. The normalized spacial score (nSPS) is 11.9. The van der Waals surface area contributed by atoms with E-state index in [4.69, 9.17) is 16.3 Å². The molecule has 3 aromatic rings. The quantitative estimate of drug-likeness (QED) is 0.513. The van der Waals surface area contributed by atoms with Gasteiger partial charge in [0.15, 0.2) is 17.1 Å². The average Bonchev–Trinajstić information content (AvgIpc) is 3.05. The lowest BCUT2D eigenvalue weighted by Crippen LogP contribution is -2.24. The molecule has 2 aromatic carbocycles. The third kappa shape index (κ3) is 6.00. The van der Waals surface area contributed by atoms with Crippen LogP contribution in [-0.2, 0) is 18.4 Å². The predicted molar refractivity (Wildman–Crippen MR) is 120 cm³/mol. The first kappa shape index (κ1) is 22.2. The second-order valence-electron chi connectivity index (χ2n) is 7.18. The van der Waals surface area contributed by atoms with Crippen molar-refractivity contribution in [2.75, 3.05) is 5.75 Å². The van der Waals surface area contributed by atoms with Gasteiger partial charge in [-0.25, -0.2) is 0 Å². The Labute approximate surface area is 186 Å². The molecule has 1 N–H and O–H groups in total. The second-order valence-corrected chi connectivity index (χ2v) is 8.55. The number of ether oxygens (including phenoxy) is 1. The summed E-state index contributed by atoms with van der Waals surface area (Å²) in [4.78, 5) is 12.2. The molecule has 1 heterocycles. The maximum absolute atomic E-state index is 12.2. The van der Waals surface area contributed by atoms with Crippen LogP contribution in [0.1, 0.15) is 35.5 Å². The van der Waals surface area contributed by atoms with Gasteiger partial charge < -0.3 is 14.6 Å². The van der Waals surface area contributed by atoms with E-state index < -0.39 is 0 Å². The van der Waals surface area contributed by atoms with E-state index in [0.717, 1.165) is 22.4 Å². The molecule has 1 atom stereocenters. The Hall–Kier alpha value is -2.51. The van der Waals surface area contributed by atoms with Crippen LogP contribution in [0.4, 0.5) is 0 Å². The Morgan fingerprint density at radius 1 is 1.17 bits per heavy atom. The van der Waals surface area contributed by atoms with Gasteiger partial charge in [-0.15, -0.1) is 10.2 Å². The summed E-state index contributed by atoms with van der Waals surface area (Å²) in [7, 11) is 1.88. The van der Waals surface area contributed by atoms with Crippen LogP contribution in [0.3, 0.4) is 0 Å². The zero-order chi connectivity index (χ0) is 21.7. The Morgan fingerprint density at radius 3 is 2.50 bits per heavy atom. The van der Waals surface area contributed by atoms with Crippen LogP contribution < -0.4 is 10.1 Å². The van der Waals surface area contributed by atoms with Gasteiger partial charge in [-0.3, -0.25) is 4.79 Å². The number of hydrogen-bond acceptors (Lipinski definition) is 5. The van der Waals surface area contributed by atoms with E-state index in [1.54, 1.807) is 12.1 Å². The van der Waals surface area contributed by atoms with Crippen molar-refractivity contribution in [2.24, 2.45) is 7.05 Å². The number of aromatic nitrogens is 3. The number of halogens is 1. The lowest BCUT2D eigenvalue weighted by atomic mass is 10.1. The summed E-state index contributed by atoms with van der Waals surface area (Å²) >= 11 is 7.22. The molecule has 0 bridgehead atoms. The SMILES string of the molecule is Cc1cc(C)cc(OC(C)c2nnc(SCC(=O)NCc3ccc(Cl)cc3)n2C)c1. The molecule has 0 aliphatic heterocycles. The number of hydrogen-bond donors (Lipinski definition) is 1. The highest BCUT2D eigenvalue weighted by atomic mass is 35.5. The van der Waals surface area contributed by atoms with Crippen molar-refractivity contribution >= 4 is 29.3 Å². The number of amides is 1. The van der Waals surface area contributed by atoms with Crippen LogP contribution >= 0.6 is 23.4 Å². The third-order valence-corrected chi connectivity index (χ3v) is 5.75. The molecular weight excluding hydrogens is 420 g/mol. The maximum atomic E-state index is 12.2. The number of rotatable bonds is 8. The number of thioether (sulfide) groups is 1. The van der Waals surface area contributed by atoms with Crippen molar-refractivity contribution in [1.82, 2.24) is 20.1 Å². The molecule has 0 fully saturated rings. The fourth-order valence-corrected chi connectivity index (χ4v) is 3.92. The first-order chi connectivity index (χ1) is 14.3. The maximum Gasteiger partial charge on any atom is 0.230 e. The van der Waals surface area contributed by atoms with E-state index >= 15 is 0 Å². The van der Waals surface area contributed by atoms with Crippen molar-refractivity contribution in [3.63, 3.8) is 0 Å². The topological polar surface area (TPSA) is 69.0 Å². The van der Waals surface area contributed by atoms with Crippen LogP contribution in [0, 0.1) is 13.8 Å². The summed E-state index contributed by atoms with van der Waals surface area (Å²) < 4.78 is 7.92. The second kappa shape index (κ2) is 10.00. The molecule has 3 rings (SSSR count). The van der Waals surface area contributed by atoms with Crippen molar-refractivity contribution < 1.29 is 9.53 Å². The largest absolute Gasteiger partial charge is 0.483 e. The zero-order valence-electron chi connectivity index (χ0n) is 17.5. The van der Waals surface area contributed by atoms with Gasteiger partial charge in [0.25, 0.3) is 0 Å². The van der Waals surface area contributed by atoms with E-state index in [9.17, 15) is 4.79 Å². The highest BCUT2D eigenvalue weighted by Gasteiger charge is 2.18. The Morgan fingerprint density at radius 2 is 1.83 bits per heavy atom. The summed E-state index contributed by atoms with van der Waals surface area (Å²) in [5.41, 5.74) is 3.29. The molecule has 158 valence electrons. The standard InChI is InChI=1S/C22H25ClN4O2S/c1-14-9-15(2)11-19(10-14)29-16(3)21-25-26-22(27(21)4)30-13-20(28)24-12-17-5-7-18(23)8-6-17/h5-11,16H,12-13H2,1-4H3,(H,24,28). The van der Waals surface area contributed by atoms with Crippen LogP contribution in [0.25, 0.3) is 0 Å². The number of aryl methyl sites for hydroxylation is 2. The molecule has 8 heteroatoms. The molecule has 1 aromatic heterocycles. The van der Waals surface area contributed by atoms with E-state index in [1.807, 2.05) is 56.7 Å². The lowest BCUT2D eigenvalue weighted by molar-refractivity contribution is -0.118. The van der Waals surface area contributed by atoms with Crippen molar-refractivity contribution in [1.29, 1.82) is 0 Å². The monoisotopic (exact) mass is 444 g/mol. The van der Waals surface area contributed by atoms with E-state index in [2.05, 4.69) is 21.6 Å². The molecule has 0 radical (unpaired) electrons. The Bertz CT molecular complexity index is 1000. The summed E-state index contributed by atoms with van der Waals surface area (Å²) in [5.74, 6) is 1.70. The van der Waals surface area contributed by atoms with Crippen molar-refractivity contribution in [3.8, 4) is 5.75 Å². The minimum atomic E-state index is -0.267. The first-order valence-electron chi connectivity index (χ1n) is 9.60. The molecule has 0 aliphatic carbocycles. The van der Waals surface area contributed by atoms with Gasteiger partial charge in [0.2, 0.25) is 5.91 Å². The Kier molecular flexibility index (Phi) is 7.39. The number of nitrogens with zero attached hydrogens (tertiary/aromatic N) is 3. The van der Waals surface area contributed by atoms with Gasteiger partial charge >= 0.3 is 0 Å². The summed E-state index contributed by atoms with van der Waals surface area (Å²) in [5, 5.41) is 12.7. The highest BCUT2D eigenvalue weighted by Crippen LogP contribution is 2.25. The van der Waals surface area contributed by atoms with Crippen LogP contribution in [0.15, 0.2) is 47.6 Å². The molecule has 0 saturated heterocycles. The minimum absolute atomic E-state index is 0.0703. The molecule has 1 unspecified atom stereocenters. The molecular formula is C22H25ClN4O2S.